The molecule has 1 amide bonds. The van der Waals surface area contributed by atoms with Crippen LogP contribution < -0.4 is 4.74 Å². The van der Waals surface area contributed by atoms with Crippen LogP contribution in [0.4, 0.5) is 13.2 Å². The molecule has 9 heteroatoms. The number of benzene rings is 1. The summed E-state index contributed by atoms with van der Waals surface area (Å²) < 4.78 is 40.3. The van der Waals surface area contributed by atoms with Gasteiger partial charge in [0.05, 0.1) is 6.54 Å². The summed E-state index contributed by atoms with van der Waals surface area (Å²) in [5.74, 6) is -1.53. The van der Waals surface area contributed by atoms with Gasteiger partial charge in [0, 0.05) is 24.7 Å². The van der Waals surface area contributed by atoms with Gasteiger partial charge in [-0.05, 0) is 50.6 Å². The number of ether oxygens (including phenoxy) is 1. The third-order valence-electron chi connectivity index (χ3n) is 4.33. The molecular formula is C17H21F3N2O4. The lowest BCUT2D eigenvalue weighted by atomic mass is 10.1. The highest BCUT2D eigenvalue weighted by atomic mass is 19.4. The maximum atomic E-state index is 12.6. The van der Waals surface area contributed by atoms with E-state index in [2.05, 4.69) is 4.74 Å². The van der Waals surface area contributed by atoms with Crippen LogP contribution in [0.15, 0.2) is 24.3 Å². The van der Waals surface area contributed by atoms with Gasteiger partial charge in [0.25, 0.3) is 5.91 Å². The summed E-state index contributed by atoms with van der Waals surface area (Å²) in [5.41, 5.74) is 0.289. The lowest BCUT2D eigenvalue weighted by molar-refractivity contribution is -0.274. The van der Waals surface area contributed by atoms with Crippen molar-refractivity contribution in [3.63, 3.8) is 0 Å². The van der Waals surface area contributed by atoms with Crippen LogP contribution in [0.2, 0.25) is 0 Å². The fraction of sp³-hybridized carbons (Fsp3) is 0.529. The minimum absolute atomic E-state index is 0.0563. The Balaban J connectivity index is 1.96. The van der Waals surface area contributed by atoms with Gasteiger partial charge in [-0.2, -0.15) is 0 Å². The van der Waals surface area contributed by atoms with E-state index in [0.29, 0.717) is 19.5 Å². The number of alkyl halides is 3. The molecule has 0 spiro atoms. The Bertz CT molecular complexity index is 634. The molecule has 1 fully saturated rings. The van der Waals surface area contributed by atoms with E-state index in [1.807, 2.05) is 0 Å². The van der Waals surface area contributed by atoms with Gasteiger partial charge in [-0.3, -0.25) is 14.5 Å². The number of aliphatic carboxylic acids is 1. The number of amides is 1. The van der Waals surface area contributed by atoms with Gasteiger partial charge in [-0.15, -0.1) is 13.2 Å². The second-order valence-corrected chi connectivity index (χ2v) is 6.26. The minimum Gasteiger partial charge on any atom is -0.480 e. The molecule has 0 aliphatic carbocycles. The largest absolute Gasteiger partial charge is 0.573 e. The summed E-state index contributed by atoms with van der Waals surface area (Å²) in [4.78, 5) is 26.8. The summed E-state index contributed by atoms with van der Waals surface area (Å²) in [6, 6.07) is 4.92. The Morgan fingerprint density at radius 2 is 1.88 bits per heavy atom. The van der Waals surface area contributed by atoms with Gasteiger partial charge in [0.1, 0.15) is 5.75 Å². The van der Waals surface area contributed by atoms with Crippen LogP contribution in [0.25, 0.3) is 0 Å². The molecule has 0 radical (unpaired) electrons. The quantitative estimate of drug-likeness (QED) is 0.858. The summed E-state index contributed by atoms with van der Waals surface area (Å²) in [6.45, 7) is 0.935. The molecule has 1 aliphatic heterocycles. The molecule has 1 unspecified atom stereocenters. The van der Waals surface area contributed by atoms with Crippen LogP contribution in [-0.4, -0.2) is 65.9 Å². The molecule has 0 bridgehead atoms. The van der Waals surface area contributed by atoms with Crippen molar-refractivity contribution < 1.29 is 32.6 Å². The minimum atomic E-state index is -4.77. The smallest absolute Gasteiger partial charge is 0.480 e. The number of carbonyl (C=O) groups excluding carboxylic acids is 1. The van der Waals surface area contributed by atoms with E-state index >= 15 is 0 Å². The molecule has 1 N–H and O–H groups in total. The molecule has 1 saturated heterocycles. The topological polar surface area (TPSA) is 70.1 Å². The Morgan fingerprint density at radius 1 is 1.23 bits per heavy atom. The molecule has 1 aliphatic rings. The van der Waals surface area contributed by atoms with Gasteiger partial charge in [-0.25, -0.2) is 0 Å². The lowest BCUT2D eigenvalue weighted by Gasteiger charge is -2.25. The van der Waals surface area contributed by atoms with Gasteiger partial charge in [0.2, 0.25) is 0 Å². The Hall–Kier alpha value is -2.29. The molecule has 6 nitrogen and oxygen atoms in total. The van der Waals surface area contributed by atoms with Crippen molar-refractivity contribution in [2.45, 2.75) is 31.7 Å². The van der Waals surface area contributed by atoms with Crippen LogP contribution in [-0.2, 0) is 4.79 Å². The summed E-state index contributed by atoms with van der Waals surface area (Å²) in [6.07, 6.45) is -2.61. The Labute approximate surface area is 149 Å². The highest BCUT2D eigenvalue weighted by Gasteiger charge is 2.31. The number of nitrogens with zero attached hydrogens (tertiary/aromatic N) is 2. The zero-order chi connectivity index (χ0) is 19.3. The average molecular weight is 374 g/mol. The van der Waals surface area contributed by atoms with Gasteiger partial charge in [-0.1, -0.05) is 0 Å². The van der Waals surface area contributed by atoms with Gasteiger partial charge >= 0.3 is 12.3 Å². The molecule has 1 atom stereocenters. The van der Waals surface area contributed by atoms with E-state index < -0.39 is 12.3 Å². The van der Waals surface area contributed by atoms with Crippen molar-refractivity contribution in [2.24, 2.45) is 0 Å². The fourth-order valence-corrected chi connectivity index (χ4v) is 3.05. The highest BCUT2D eigenvalue weighted by Crippen LogP contribution is 2.24. The Morgan fingerprint density at radius 3 is 2.46 bits per heavy atom. The predicted molar refractivity (Wildman–Crippen MR) is 86.9 cm³/mol. The summed E-state index contributed by atoms with van der Waals surface area (Å²) in [7, 11) is 1.75. The molecule has 26 heavy (non-hydrogen) atoms. The molecular weight excluding hydrogens is 353 g/mol. The van der Waals surface area contributed by atoms with Crippen LogP contribution in [0, 0.1) is 0 Å². The van der Waals surface area contributed by atoms with Crippen molar-refractivity contribution in [3.8, 4) is 5.75 Å². The van der Waals surface area contributed by atoms with E-state index in [0.717, 1.165) is 25.0 Å². The first kappa shape index (κ1) is 20.0. The highest BCUT2D eigenvalue weighted by molar-refractivity contribution is 5.94. The zero-order valence-electron chi connectivity index (χ0n) is 14.3. The number of carboxylic acid groups (broad SMARTS) is 1. The molecule has 1 aromatic carbocycles. The predicted octanol–water partition coefficient (Wildman–Crippen LogP) is 2.60. The zero-order valence-corrected chi connectivity index (χ0v) is 14.3. The van der Waals surface area contributed by atoms with Crippen molar-refractivity contribution in [3.05, 3.63) is 29.8 Å². The van der Waals surface area contributed by atoms with E-state index in [4.69, 9.17) is 5.11 Å². The number of hydrogen-bond donors (Lipinski definition) is 1. The summed E-state index contributed by atoms with van der Waals surface area (Å²) >= 11 is 0. The lowest BCUT2D eigenvalue weighted by Crippen LogP contribution is -2.37. The van der Waals surface area contributed by atoms with Crippen molar-refractivity contribution >= 4 is 11.9 Å². The molecule has 1 heterocycles. The number of halogens is 3. The average Bonchev–Trinajstić information content (AvgIpc) is 2.79. The van der Waals surface area contributed by atoms with Gasteiger partial charge < -0.3 is 14.7 Å². The van der Waals surface area contributed by atoms with Crippen molar-refractivity contribution in [2.75, 3.05) is 26.7 Å². The van der Waals surface area contributed by atoms with E-state index in [1.165, 1.54) is 12.1 Å². The normalized spacial score (nSPS) is 18.5. The van der Waals surface area contributed by atoms with E-state index in [9.17, 15) is 22.8 Å². The van der Waals surface area contributed by atoms with Crippen molar-refractivity contribution in [1.82, 2.24) is 9.80 Å². The third-order valence-corrected chi connectivity index (χ3v) is 4.33. The number of likely N-dealkylation sites (N-methyl/N-ethyl adjacent to an activating group) is 1. The fourth-order valence-electron chi connectivity index (χ4n) is 3.05. The number of carboxylic acids is 1. The maximum absolute atomic E-state index is 12.6. The first-order valence-electron chi connectivity index (χ1n) is 8.23. The van der Waals surface area contributed by atoms with Gasteiger partial charge in [0.15, 0.2) is 0 Å². The first-order valence-corrected chi connectivity index (χ1v) is 8.23. The van der Waals surface area contributed by atoms with Crippen LogP contribution in [0.3, 0.4) is 0 Å². The van der Waals surface area contributed by atoms with Crippen molar-refractivity contribution in [1.29, 1.82) is 0 Å². The number of likely N-dealkylation sites (tertiary alicyclic amines) is 1. The molecule has 144 valence electrons. The standard InChI is InChI=1S/C17H21F3N2O4/c1-21(11-15(23)24)13-3-2-9-22(10-8-13)16(25)12-4-6-14(7-5-12)26-17(18,19)20/h4-7,13H,2-3,8-11H2,1H3,(H,23,24). The second-order valence-electron chi connectivity index (χ2n) is 6.26. The molecule has 0 saturated carbocycles. The third kappa shape index (κ3) is 5.91. The maximum Gasteiger partial charge on any atom is 0.573 e. The molecule has 0 aromatic heterocycles. The number of hydrogen-bond acceptors (Lipinski definition) is 4. The Kier molecular flexibility index (Phi) is 6.47. The van der Waals surface area contributed by atoms with Crippen LogP contribution >= 0.6 is 0 Å². The number of carbonyl (C=O) groups is 2. The monoisotopic (exact) mass is 374 g/mol. The van der Waals surface area contributed by atoms with E-state index in [1.54, 1.807) is 16.8 Å². The van der Waals surface area contributed by atoms with E-state index in [-0.39, 0.29) is 29.8 Å². The summed E-state index contributed by atoms with van der Waals surface area (Å²) in [5, 5.41) is 8.88. The van der Waals surface area contributed by atoms with Crippen LogP contribution in [0.5, 0.6) is 5.75 Å². The number of rotatable bonds is 5. The van der Waals surface area contributed by atoms with Crippen LogP contribution in [0.1, 0.15) is 29.6 Å². The molecule has 1 aromatic rings. The second kappa shape index (κ2) is 8.39. The SMILES string of the molecule is CN(CC(=O)O)C1CCCN(C(=O)c2ccc(OC(F)(F)F)cc2)CC1. The first-order chi connectivity index (χ1) is 12.2. The molecule has 2 rings (SSSR count).